The van der Waals surface area contributed by atoms with Gasteiger partial charge in [0.15, 0.2) is 0 Å². The smallest absolute Gasteiger partial charge is 0.247 e. The molecule has 1 aliphatic rings. The number of rotatable bonds is 4. The van der Waals surface area contributed by atoms with E-state index < -0.39 is 6.04 Å². The summed E-state index contributed by atoms with van der Waals surface area (Å²) in [6, 6.07) is -0.476. The van der Waals surface area contributed by atoms with E-state index in [1.165, 1.54) is 0 Å². The summed E-state index contributed by atoms with van der Waals surface area (Å²) in [4.78, 5) is 25.2. The first-order valence-corrected chi connectivity index (χ1v) is 5.92. The molecule has 0 bridgehead atoms. The van der Waals surface area contributed by atoms with Crippen LogP contribution in [-0.2, 0) is 9.59 Å². The third-order valence-electron chi connectivity index (χ3n) is 3.12. The van der Waals surface area contributed by atoms with Crippen molar-refractivity contribution in [2.75, 3.05) is 26.7 Å². The number of hydrogen-bond donors (Lipinski definition) is 2. The Morgan fingerprint density at radius 1 is 1.47 bits per heavy atom. The molecule has 1 unspecified atom stereocenters. The number of likely N-dealkylation sites (N-methyl/N-ethyl adjacent to an activating group) is 1. The molecule has 1 aliphatic heterocycles. The Morgan fingerprint density at radius 2 is 2.06 bits per heavy atom. The van der Waals surface area contributed by atoms with E-state index >= 15 is 0 Å². The molecule has 0 saturated carbocycles. The van der Waals surface area contributed by atoms with Crippen LogP contribution in [0.3, 0.4) is 0 Å². The van der Waals surface area contributed by atoms with Crippen LogP contribution in [0.25, 0.3) is 0 Å². The summed E-state index contributed by atoms with van der Waals surface area (Å²) in [5.74, 6) is -0.211. The number of nitrogens with zero attached hydrogens (tertiary/aromatic N) is 1. The highest BCUT2D eigenvalue weighted by atomic mass is 16.2. The van der Waals surface area contributed by atoms with Crippen LogP contribution >= 0.6 is 0 Å². The van der Waals surface area contributed by atoms with Crippen LogP contribution in [0.2, 0.25) is 0 Å². The maximum atomic E-state index is 11.8. The molecule has 1 heterocycles. The lowest BCUT2D eigenvalue weighted by atomic mass is 10.0. The highest BCUT2D eigenvalue weighted by molar-refractivity contribution is 5.97. The third kappa shape index (κ3) is 3.30. The number of amides is 2. The summed E-state index contributed by atoms with van der Waals surface area (Å²) in [6.45, 7) is 7.60. The van der Waals surface area contributed by atoms with Crippen molar-refractivity contribution in [2.24, 2.45) is 0 Å². The number of nitrogens with one attached hydrogen (secondary N) is 2. The molecule has 0 aromatic heterocycles. The summed E-state index contributed by atoms with van der Waals surface area (Å²) in [7, 11) is 1.73. The highest BCUT2D eigenvalue weighted by Crippen LogP contribution is 2.09. The summed E-state index contributed by atoms with van der Waals surface area (Å²) < 4.78 is 0. The van der Waals surface area contributed by atoms with Crippen molar-refractivity contribution in [1.82, 2.24) is 15.5 Å². The monoisotopic (exact) mass is 239 g/mol. The zero-order chi connectivity index (χ0) is 13.0. The van der Waals surface area contributed by atoms with Gasteiger partial charge >= 0.3 is 0 Å². The van der Waals surface area contributed by atoms with Crippen molar-refractivity contribution in [1.29, 1.82) is 0 Å². The molecule has 5 nitrogen and oxygen atoms in total. The van der Waals surface area contributed by atoms with E-state index in [-0.39, 0.29) is 11.8 Å². The van der Waals surface area contributed by atoms with Gasteiger partial charge < -0.3 is 15.5 Å². The lowest BCUT2D eigenvalue weighted by Crippen LogP contribution is -2.46. The minimum Gasteiger partial charge on any atom is -0.344 e. The zero-order valence-electron chi connectivity index (χ0n) is 11.0. The van der Waals surface area contributed by atoms with Crippen LogP contribution < -0.4 is 10.6 Å². The molecule has 2 N–H and O–H groups in total. The molecular weight excluding hydrogens is 218 g/mol. The largest absolute Gasteiger partial charge is 0.344 e. The molecular formula is C12H21N3O2. The molecule has 1 fully saturated rings. The molecule has 2 amide bonds. The number of carbonyl (C=O) groups excluding carboxylic acids is 2. The Morgan fingerprint density at radius 3 is 2.47 bits per heavy atom. The number of hydrogen-bond acceptors (Lipinski definition) is 3. The first kappa shape index (κ1) is 13.7. The van der Waals surface area contributed by atoms with Gasteiger partial charge in [0.2, 0.25) is 11.8 Å². The first-order valence-electron chi connectivity index (χ1n) is 5.92. The molecule has 1 atom stereocenters. The second kappa shape index (κ2) is 5.82. The minimum absolute atomic E-state index is 0.0645. The SMILES string of the molecule is CCN(C)C(=O)C(C)NC(=O)C(C)=C1CNC1. The Hall–Kier alpha value is -1.36. The van der Waals surface area contributed by atoms with Gasteiger partial charge in [-0.3, -0.25) is 9.59 Å². The molecule has 96 valence electrons. The van der Waals surface area contributed by atoms with E-state index in [4.69, 9.17) is 0 Å². The second-order valence-electron chi connectivity index (χ2n) is 4.38. The van der Waals surface area contributed by atoms with Gasteiger partial charge in [0.25, 0.3) is 0 Å². The molecule has 1 rings (SSSR count). The van der Waals surface area contributed by atoms with Gasteiger partial charge in [-0.15, -0.1) is 0 Å². The molecule has 1 saturated heterocycles. The molecule has 0 aromatic rings. The second-order valence-corrected chi connectivity index (χ2v) is 4.38. The number of carbonyl (C=O) groups is 2. The molecule has 0 aliphatic carbocycles. The van der Waals surface area contributed by atoms with Crippen molar-refractivity contribution in [2.45, 2.75) is 26.8 Å². The minimum atomic E-state index is -0.476. The highest BCUT2D eigenvalue weighted by Gasteiger charge is 2.21. The molecule has 0 radical (unpaired) electrons. The van der Waals surface area contributed by atoms with Gasteiger partial charge in [-0.05, 0) is 26.3 Å². The van der Waals surface area contributed by atoms with Gasteiger partial charge in [0.05, 0.1) is 0 Å². The van der Waals surface area contributed by atoms with Crippen LogP contribution in [-0.4, -0.2) is 49.4 Å². The maximum absolute atomic E-state index is 11.8. The maximum Gasteiger partial charge on any atom is 0.247 e. The zero-order valence-corrected chi connectivity index (χ0v) is 11.0. The van der Waals surface area contributed by atoms with Gasteiger partial charge in [0.1, 0.15) is 6.04 Å². The normalized spacial score (nSPS) is 15.9. The predicted molar refractivity (Wildman–Crippen MR) is 66.5 cm³/mol. The quantitative estimate of drug-likeness (QED) is 0.673. The van der Waals surface area contributed by atoms with Crippen molar-refractivity contribution >= 4 is 11.8 Å². The topological polar surface area (TPSA) is 61.4 Å². The van der Waals surface area contributed by atoms with Crippen LogP contribution in [0.15, 0.2) is 11.1 Å². The van der Waals surface area contributed by atoms with Crippen molar-refractivity contribution in [3.05, 3.63) is 11.1 Å². The van der Waals surface area contributed by atoms with E-state index in [0.29, 0.717) is 6.54 Å². The van der Waals surface area contributed by atoms with Gasteiger partial charge in [-0.1, -0.05) is 0 Å². The lowest BCUT2D eigenvalue weighted by Gasteiger charge is -2.24. The summed E-state index contributed by atoms with van der Waals surface area (Å²) in [5, 5.41) is 5.82. The van der Waals surface area contributed by atoms with Crippen LogP contribution in [0, 0.1) is 0 Å². The van der Waals surface area contributed by atoms with Gasteiger partial charge in [-0.2, -0.15) is 0 Å². The average molecular weight is 239 g/mol. The van der Waals surface area contributed by atoms with E-state index in [1.54, 1.807) is 25.8 Å². The van der Waals surface area contributed by atoms with E-state index in [2.05, 4.69) is 10.6 Å². The lowest BCUT2D eigenvalue weighted by molar-refractivity contribution is -0.133. The Bertz CT molecular complexity index is 344. The molecule has 0 aromatic carbocycles. The van der Waals surface area contributed by atoms with Crippen LogP contribution in [0.4, 0.5) is 0 Å². The fourth-order valence-corrected chi connectivity index (χ4v) is 1.53. The molecule has 17 heavy (non-hydrogen) atoms. The summed E-state index contributed by atoms with van der Waals surface area (Å²) in [6.07, 6.45) is 0. The average Bonchev–Trinajstić information content (AvgIpc) is 2.24. The third-order valence-corrected chi connectivity index (χ3v) is 3.12. The fraction of sp³-hybridized carbons (Fsp3) is 0.667. The van der Waals surface area contributed by atoms with E-state index in [0.717, 1.165) is 24.2 Å². The van der Waals surface area contributed by atoms with Crippen LogP contribution in [0.1, 0.15) is 20.8 Å². The fourth-order valence-electron chi connectivity index (χ4n) is 1.53. The van der Waals surface area contributed by atoms with E-state index in [1.807, 2.05) is 6.92 Å². The van der Waals surface area contributed by atoms with Gasteiger partial charge in [-0.25, -0.2) is 0 Å². The summed E-state index contributed by atoms with van der Waals surface area (Å²) >= 11 is 0. The van der Waals surface area contributed by atoms with E-state index in [9.17, 15) is 9.59 Å². The predicted octanol–water partition coefficient (Wildman–Crippen LogP) is -0.111. The van der Waals surface area contributed by atoms with Crippen LogP contribution in [0.5, 0.6) is 0 Å². The molecule has 0 spiro atoms. The Balaban J connectivity index is 2.54. The van der Waals surface area contributed by atoms with Crippen molar-refractivity contribution < 1.29 is 9.59 Å². The summed E-state index contributed by atoms with van der Waals surface area (Å²) in [5.41, 5.74) is 1.84. The van der Waals surface area contributed by atoms with Crippen molar-refractivity contribution in [3.63, 3.8) is 0 Å². The standard InChI is InChI=1S/C12H21N3O2/c1-5-15(4)12(17)9(3)14-11(16)8(2)10-6-13-7-10/h9,13H,5-7H2,1-4H3,(H,14,16). The Kier molecular flexibility index (Phi) is 4.69. The van der Waals surface area contributed by atoms with Gasteiger partial charge in [0, 0.05) is 32.3 Å². The Labute approximate surface area is 102 Å². The molecule has 5 heteroatoms. The first-order chi connectivity index (χ1) is 7.97. The van der Waals surface area contributed by atoms with Crippen molar-refractivity contribution in [3.8, 4) is 0 Å².